The highest BCUT2D eigenvalue weighted by atomic mass is 16.6. The van der Waals surface area contributed by atoms with Crippen molar-refractivity contribution in [3.05, 3.63) is 39.9 Å². The predicted octanol–water partition coefficient (Wildman–Crippen LogP) is 0.629. The maximum atomic E-state index is 10.5. The summed E-state index contributed by atoms with van der Waals surface area (Å²) in [4.78, 5) is 13.8. The highest BCUT2D eigenvalue weighted by molar-refractivity contribution is 5.77. The van der Waals surface area contributed by atoms with Crippen LogP contribution in [0.1, 0.15) is 5.56 Å². The van der Waals surface area contributed by atoms with Gasteiger partial charge < -0.3 is 11.1 Å². The summed E-state index contributed by atoms with van der Waals surface area (Å²) in [5, 5.41) is 13.3. The lowest BCUT2D eigenvalue weighted by atomic mass is 10.2. The molecule has 6 heteroatoms. The Morgan fingerprint density at radius 1 is 1.67 bits per heavy atom. The first-order valence-corrected chi connectivity index (χ1v) is 4.33. The minimum atomic E-state index is -0.430. The minimum Gasteiger partial charge on any atom is -0.370 e. The van der Waals surface area contributed by atoms with Gasteiger partial charge in [-0.2, -0.15) is 0 Å². The normalized spacial score (nSPS) is 11.1. The average Bonchev–Trinajstić information content (AvgIpc) is 2.26. The van der Waals surface area contributed by atoms with E-state index in [1.807, 2.05) is 0 Å². The summed E-state index contributed by atoms with van der Waals surface area (Å²) in [6, 6.07) is 6.36. The lowest BCUT2D eigenvalue weighted by Crippen LogP contribution is -2.30. The zero-order valence-electron chi connectivity index (χ0n) is 8.30. The molecule has 1 aromatic rings. The monoisotopic (exact) mass is 208 g/mol. The van der Waals surface area contributed by atoms with Gasteiger partial charge in [-0.1, -0.05) is 12.1 Å². The van der Waals surface area contributed by atoms with Crippen LogP contribution in [0.25, 0.3) is 0 Å². The van der Waals surface area contributed by atoms with Crippen LogP contribution in [-0.4, -0.2) is 17.9 Å². The Morgan fingerprint density at radius 2 is 2.40 bits per heavy atom. The molecule has 15 heavy (non-hydrogen) atoms. The van der Waals surface area contributed by atoms with Gasteiger partial charge in [-0.15, -0.1) is 0 Å². The largest absolute Gasteiger partial charge is 0.370 e. The van der Waals surface area contributed by atoms with Crippen molar-refractivity contribution < 1.29 is 4.92 Å². The van der Waals surface area contributed by atoms with E-state index in [0.29, 0.717) is 12.5 Å². The molecule has 0 atom stereocenters. The fraction of sp³-hybridized carbons (Fsp3) is 0.222. The number of hydrogen-bond acceptors (Lipinski definition) is 3. The number of nitrogens with one attached hydrogen (secondary N) is 1. The maximum Gasteiger partial charge on any atom is 0.269 e. The van der Waals surface area contributed by atoms with Gasteiger partial charge >= 0.3 is 0 Å². The minimum absolute atomic E-state index is 0.0707. The van der Waals surface area contributed by atoms with Crippen LogP contribution in [0.15, 0.2) is 29.3 Å². The van der Waals surface area contributed by atoms with Crippen molar-refractivity contribution in [1.29, 1.82) is 0 Å². The number of guanidine groups is 1. The Morgan fingerprint density at radius 3 is 3.00 bits per heavy atom. The van der Waals surface area contributed by atoms with E-state index in [1.165, 1.54) is 12.1 Å². The lowest BCUT2D eigenvalue weighted by molar-refractivity contribution is -0.384. The molecule has 0 saturated heterocycles. The van der Waals surface area contributed by atoms with Crippen molar-refractivity contribution in [2.24, 2.45) is 10.7 Å². The molecule has 0 unspecified atom stereocenters. The van der Waals surface area contributed by atoms with Gasteiger partial charge in [0.1, 0.15) is 0 Å². The highest BCUT2D eigenvalue weighted by Gasteiger charge is 2.04. The quantitative estimate of drug-likeness (QED) is 0.329. The summed E-state index contributed by atoms with van der Waals surface area (Å²) >= 11 is 0. The first kappa shape index (κ1) is 11.0. The molecular formula is C9H12N4O2. The second-order valence-electron chi connectivity index (χ2n) is 2.89. The van der Waals surface area contributed by atoms with Gasteiger partial charge in [0, 0.05) is 25.7 Å². The molecule has 1 aromatic carbocycles. The van der Waals surface area contributed by atoms with E-state index in [0.717, 1.165) is 5.56 Å². The molecule has 0 fully saturated rings. The molecule has 1 rings (SSSR count). The number of rotatable bonds is 3. The second kappa shape index (κ2) is 4.94. The lowest BCUT2D eigenvalue weighted by Gasteiger charge is -2.04. The van der Waals surface area contributed by atoms with E-state index in [9.17, 15) is 10.1 Å². The molecule has 0 radical (unpaired) electrons. The van der Waals surface area contributed by atoms with Gasteiger partial charge in [0.05, 0.1) is 4.92 Å². The molecule has 80 valence electrons. The number of nitro groups is 1. The van der Waals surface area contributed by atoms with Gasteiger partial charge in [0.2, 0.25) is 0 Å². The zero-order valence-corrected chi connectivity index (χ0v) is 8.30. The summed E-state index contributed by atoms with van der Waals surface area (Å²) in [5.74, 6) is 0.307. The number of non-ortho nitro benzene ring substituents is 1. The van der Waals surface area contributed by atoms with E-state index >= 15 is 0 Å². The number of nitrogens with two attached hydrogens (primary N) is 1. The fourth-order valence-corrected chi connectivity index (χ4v) is 1.05. The van der Waals surface area contributed by atoms with Gasteiger partial charge in [-0.05, 0) is 5.56 Å². The Balaban J connectivity index is 2.70. The van der Waals surface area contributed by atoms with Gasteiger partial charge in [0.25, 0.3) is 5.69 Å². The topological polar surface area (TPSA) is 93.5 Å². The summed E-state index contributed by atoms with van der Waals surface area (Å²) in [5.41, 5.74) is 6.28. The van der Waals surface area contributed by atoms with Crippen molar-refractivity contribution in [2.75, 3.05) is 7.05 Å². The molecule has 6 nitrogen and oxygen atoms in total. The summed E-state index contributed by atoms with van der Waals surface area (Å²) in [6.45, 7) is 0.421. The van der Waals surface area contributed by atoms with Gasteiger partial charge in [-0.3, -0.25) is 15.1 Å². The van der Waals surface area contributed by atoms with E-state index in [1.54, 1.807) is 19.2 Å². The number of hydrogen-bond donors (Lipinski definition) is 2. The fourth-order valence-electron chi connectivity index (χ4n) is 1.05. The molecule has 0 spiro atoms. The standard InChI is InChI=1S/C9H12N4O2/c1-11-9(10)12-6-7-3-2-4-8(5-7)13(14)15/h2-5H,6H2,1H3,(H3,10,11,12). The van der Waals surface area contributed by atoms with Crippen LogP contribution in [0.4, 0.5) is 5.69 Å². The van der Waals surface area contributed by atoms with Crippen molar-refractivity contribution in [2.45, 2.75) is 6.54 Å². The summed E-state index contributed by atoms with van der Waals surface area (Å²) in [7, 11) is 1.57. The Kier molecular flexibility index (Phi) is 3.61. The Hall–Kier alpha value is -2.11. The molecule has 3 N–H and O–H groups in total. The number of nitro benzene ring substituents is 1. The maximum absolute atomic E-state index is 10.5. The third-order valence-electron chi connectivity index (χ3n) is 1.84. The van der Waals surface area contributed by atoms with E-state index in [-0.39, 0.29) is 5.69 Å². The average molecular weight is 208 g/mol. The Labute approximate surface area is 87.0 Å². The first-order chi connectivity index (χ1) is 7.13. The summed E-state index contributed by atoms with van der Waals surface area (Å²) in [6.07, 6.45) is 0. The molecule has 0 amide bonds. The van der Waals surface area contributed by atoms with Crippen LogP contribution in [0.5, 0.6) is 0 Å². The van der Waals surface area contributed by atoms with Crippen molar-refractivity contribution in [3.8, 4) is 0 Å². The molecule has 0 saturated carbocycles. The molecule has 0 aliphatic heterocycles. The van der Waals surface area contributed by atoms with E-state index < -0.39 is 4.92 Å². The van der Waals surface area contributed by atoms with Crippen LogP contribution >= 0.6 is 0 Å². The van der Waals surface area contributed by atoms with Crippen LogP contribution in [-0.2, 0) is 6.54 Å². The van der Waals surface area contributed by atoms with Crippen LogP contribution < -0.4 is 11.1 Å². The zero-order chi connectivity index (χ0) is 11.3. The molecule has 0 aliphatic rings. The first-order valence-electron chi connectivity index (χ1n) is 4.33. The van der Waals surface area contributed by atoms with Crippen molar-refractivity contribution in [1.82, 2.24) is 5.32 Å². The number of benzene rings is 1. The summed E-state index contributed by atoms with van der Waals surface area (Å²) < 4.78 is 0. The third-order valence-corrected chi connectivity index (χ3v) is 1.84. The van der Waals surface area contributed by atoms with Crippen molar-refractivity contribution >= 4 is 11.6 Å². The molecule has 0 bridgehead atoms. The van der Waals surface area contributed by atoms with E-state index in [2.05, 4.69) is 10.3 Å². The third kappa shape index (κ3) is 3.26. The van der Waals surface area contributed by atoms with Crippen LogP contribution in [0.3, 0.4) is 0 Å². The second-order valence-corrected chi connectivity index (χ2v) is 2.89. The molecule has 0 heterocycles. The van der Waals surface area contributed by atoms with E-state index in [4.69, 9.17) is 5.73 Å². The molecule has 0 aliphatic carbocycles. The molecule has 0 aromatic heterocycles. The van der Waals surface area contributed by atoms with Gasteiger partial charge in [0.15, 0.2) is 5.96 Å². The highest BCUT2D eigenvalue weighted by Crippen LogP contribution is 2.12. The number of aliphatic imine (C=N–C) groups is 1. The SMILES string of the molecule is CN=C(N)NCc1cccc([N+](=O)[O-])c1. The Bertz CT molecular complexity index is 389. The molecular weight excluding hydrogens is 196 g/mol. The van der Waals surface area contributed by atoms with Crippen molar-refractivity contribution in [3.63, 3.8) is 0 Å². The van der Waals surface area contributed by atoms with Gasteiger partial charge in [-0.25, -0.2) is 0 Å². The van der Waals surface area contributed by atoms with Crippen LogP contribution in [0.2, 0.25) is 0 Å². The van der Waals surface area contributed by atoms with Crippen LogP contribution in [0, 0.1) is 10.1 Å². The number of nitrogens with zero attached hydrogens (tertiary/aromatic N) is 2. The smallest absolute Gasteiger partial charge is 0.269 e. The predicted molar refractivity (Wildman–Crippen MR) is 57.5 cm³/mol.